The van der Waals surface area contributed by atoms with Crippen molar-refractivity contribution in [3.8, 4) is 33.6 Å². The molecule has 1 aliphatic rings. The molecular formula is C63H46N6. The van der Waals surface area contributed by atoms with Crippen molar-refractivity contribution < 1.29 is 0 Å². The van der Waals surface area contributed by atoms with Crippen LogP contribution in [0, 0.1) is 0 Å². The molecule has 3 N–H and O–H groups in total. The first kappa shape index (κ1) is 40.3. The molecule has 6 nitrogen and oxygen atoms in total. The predicted octanol–water partition coefficient (Wildman–Crippen LogP) is 15.2. The molecule has 0 fully saturated rings. The van der Waals surface area contributed by atoms with Crippen molar-refractivity contribution >= 4 is 71.7 Å². The zero-order valence-corrected chi connectivity index (χ0v) is 38.2. The van der Waals surface area contributed by atoms with Gasteiger partial charge in [0, 0.05) is 49.5 Å². The van der Waals surface area contributed by atoms with Crippen LogP contribution >= 0.6 is 0 Å². The van der Waals surface area contributed by atoms with Gasteiger partial charge < -0.3 is 14.9 Å². The Hall–Kier alpha value is -9.00. The molecule has 0 radical (unpaired) electrons. The van der Waals surface area contributed by atoms with Gasteiger partial charge in [-0.3, -0.25) is 5.43 Å². The van der Waals surface area contributed by atoms with Crippen molar-refractivity contribution in [1.29, 1.82) is 0 Å². The number of aromatic nitrogens is 2. The number of fused-ring (bicyclic) bond motifs is 11. The number of para-hydroxylation sites is 2. The summed E-state index contributed by atoms with van der Waals surface area (Å²) in [5, 5.41) is 12.4. The van der Waals surface area contributed by atoms with Gasteiger partial charge in [0.05, 0.1) is 27.8 Å². The Kier molecular flexibility index (Phi) is 9.24. The van der Waals surface area contributed by atoms with Crippen LogP contribution in [-0.4, -0.2) is 20.8 Å². The highest BCUT2D eigenvalue weighted by molar-refractivity contribution is 6.14. The summed E-state index contributed by atoms with van der Waals surface area (Å²) < 4.78 is 4.79. The number of aliphatic imine (C=N–C) groups is 1. The minimum absolute atomic E-state index is 0.224. The molecule has 0 unspecified atom stereocenters. The molecule has 0 bridgehead atoms. The number of amidine groups is 2. The van der Waals surface area contributed by atoms with E-state index in [0.717, 1.165) is 50.3 Å². The maximum absolute atomic E-state index is 6.56. The maximum atomic E-state index is 6.56. The number of anilines is 1. The van der Waals surface area contributed by atoms with Gasteiger partial charge in [0.15, 0.2) is 5.84 Å². The predicted molar refractivity (Wildman–Crippen MR) is 289 cm³/mol. The van der Waals surface area contributed by atoms with Crippen LogP contribution < -0.4 is 11.2 Å². The Morgan fingerprint density at radius 1 is 0.449 bits per heavy atom. The van der Waals surface area contributed by atoms with Gasteiger partial charge >= 0.3 is 0 Å². The molecule has 2 aromatic heterocycles. The van der Waals surface area contributed by atoms with Crippen LogP contribution in [0.4, 0.5) is 5.69 Å². The van der Waals surface area contributed by atoms with E-state index in [1.165, 1.54) is 65.6 Å². The van der Waals surface area contributed by atoms with Gasteiger partial charge in [0.25, 0.3) is 0 Å². The van der Waals surface area contributed by atoms with E-state index in [9.17, 15) is 0 Å². The normalized spacial score (nSPS) is 13.4. The second-order valence-electron chi connectivity index (χ2n) is 18.6. The van der Waals surface area contributed by atoms with Crippen molar-refractivity contribution in [2.24, 2.45) is 15.8 Å². The molecule has 12 aromatic rings. The lowest BCUT2D eigenvalue weighted by atomic mass is 9.80. The minimum Gasteiger partial charge on any atom is -0.383 e. The molecule has 13 rings (SSSR count). The van der Waals surface area contributed by atoms with E-state index in [2.05, 4.69) is 186 Å². The average molecular weight is 887 g/mol. The van der Waals surface area contributed by atoms with E-state index in [1.54, 1.807) is 0 Å². The van der Waals surface area contributed by atoms with Crippen molar-refractivity contribution in [1.82, 2.24) is 9.13 Å². The van der Waals surface area contributed by atoms with Crippen LogP contribution in [0.1, 0.15) is 36.1 Å². The van der Waals surface area contributed by atoms with E-state index in [-0.39, 0.29) is 5.41 Å². The zero-order valence-electron chi connectivity index (χ0n) is 38.2. The molecule has 0 saturated carbocycles. The number of rotatable bonds is 7. The monoisotopic (exact) mass is 886 g/mol. The Labute approximate surface area is 399 Å². The smallest absolute Gasteiger partial charge is 0.181 e. The molecule has 69 heavy (non-hydrogen) atoms. The molecule has 0 saturated heterocycles. The lowest BCUT2D eigenvalue weighted by Crippen LogP contribution is -2.16. The van der Waals surface area contributed by atoms with Gasteiger partial charge in [-0.2, -0.15) is 5.10 Å². The van der Waals surface area contributed by atoms with Crippen molar-refractivity contribution in [3.63, 3.8) is 0 Å². The second-order valence-corrected chi connectivity index (χ2v) is 18.6. The number of nitrogens with two attached hydrogens (primary N) is 1. The third kappa shape index (κ3) is 6.56. The first-order valence-corrected chi connectivity index (χ1v) is 23.5. The summed E-state index contributed by atoms with van der Waals surface area (Å²) >= 11 is 0. The summed E-state index contributed by atoms with van der Waals surface area (Å²) in [6.07, 6.45) is 0. The Bertz CT molecular complexity index is 4010. The number of hydrogen-bond acceptors (Lipinski definition) is 2. The van der Waals surface area contributed by atoms with Crippen molar-refractivity contribution in [2.75, 3.05) is 5.43 Å². The average Bonchev–Trinajstić information content (AvgIpc) is 3.99. The van der Waals surface area contributed by atoms with Crippen LogP contribution in [0.5, 0.6) is 0 Å². The Morgan fingerprint density at radius 2 is 1.06 bits per heavy atom. The third-order valence-electron chi connectivity index (χ3n) is 14.2. The fraction of sp³-hybridized carbons (Fsp3) is 0.0476. The number of hydrazone groups is 1. The van der Waals surface area contributed by atoms with E-state index in [4.69, 9.17) is 15.8 Å². The maximum Gasteiger partial charge on any atom is 0.181 e. The van der Waals surface area contributed by atoms with Gasteiger partial charge in [0.2, 0.25) is 0 Å². The lowest BCUT2D eigenvalue weighted by molar-refractivity contribution is 0.667. The van der Waals surface area contributed by atoms with E-state index in [1.807, 2.05) is 66.7 Å². The van der Waals surface area contributed by atoms with Crippen LogP contribution in [0.3, 0.4) is 0 Å². The molecule has 6 heteroatoms. The third-order valence-corrected chi connectivity index (χ3v) is 14.2. The topological polar surface area (TPSA) is 72.6 Å². The van der Waals surface area contributed by atoms with Gasteiger partial charge in [-0.15, -0.1) is 0 Å². The Balaban J connectivity index is 0.956. The lowest BCUT2D eigenvalue weighted by Gasteiger charge is -2.23. The summed E-state index contributed by atoms with van der Waals surface area (Å²) in [6.45, 7) is 4.76. The number of hydrogen-bond donors (Lipinski definition) is 2. The SMILES string of the molecule is CC1(C)c2cc3c(cc2-c2ccc4ccccc4c21)c1cc(-c2ccc(-n4c5ccccc5c5ccccc54)cc2)ccc1n3-c1cccc(N/N=C(\N=C(N)c2ccccc2)c2ccccc2)c1. The summed E-state index contributed by atoms with van der Waals surface area (Å²) in [4.78, 5) is 4.82. The molecule has 0 aliphatic heterocycles. The summed E-state index contributed by atoms with van der Waals surface area (Å²) in [7, 11) is 0. The van der Waals surface area contributed by atoms with E-state index < -0.39 is 0 Å². The highest BCUT2D eigenvalue weighted by Gasteiger charge is 2.38. The molecule has 1 aliphatic carbocycles. The van der Waals surface area contributed by atoms with Gasteiger partial charge in [-0.25, -0.2) is 4.99 Å². The molecule has 328 valence electrons. The Morgan fingerprint density at radius 3 is 1.80 bits per heavy atom. The van der Waals surface area contributed by atoms with Gasteiger partial charge in [-0.1, -0.05) is 172 Å². The molecule has 0 spiro atoms. The molecule has 10 aromatic carbocycles. The quantitative estimate of drug-likeness (QED) is 0.0951. The van der Waals surface area contributed by atoms with Crippen LogP contribution in [0.15, 0.2) is 235 Å². The van der Waals surface area contributed by atoms with Gasteiger partial charge in [-0.05, 0) is 111 Å². The molecular weight excluding hydrogens is 841 g/mol. The molecule has 0 amide bonds. The number of nitrogens with one attached hydrogen (secondary N) is 1. The van der Waals surface area contributed by atoms with Crippen molar-refractivity contribution in [2.45, 2.75) is 19.3 Å². The van der Waals surface area contributed by atoms with Crippen LogP contribution in [-0.2, 0) is 5.41 Å². The summed E-state index contributed by atoms with van der Waals surface area (Å²) in [6, 6.07) is 79.8. The first-order valence-electron chi connectivity index (χ1n) is 23.5. The highest BCUT2D eigenvalue weighted by atomic mass is 15.3. The minimum atomic E-state index is -0.224. The van der Waals surface area contributed by atoms with E-state index >= 15 is 0 Å². The van der Waals surface area contributed by atoms with Crippen LogP contribution in [0.25, 0.3) is 88.0 Å². The zero-order chi connectivity index (χ0) is 46.2. The summed E-state index contributed by atoms with van der Waals surface area (Å²) in [5.74, 6) is 0.878. The summed E-state index contributed by atoms with van der Waals surface area (Å²) in [5.41, 5.74) is 26.7. The van der Waals surface area contributed by atoms with Crippen molar-refractivity contribution in [3.05, 3.63) is 247 Å². The number of nitrogens with zero attached hydrogens (tertiary/aromatic N) is 4. The standard InChI is InChI=1S/C63H46N6/c1-63(2)55-39-59-54(38-52(55)51-34-30-41-16-9-10-23-48(41)60(51)63)53-36-44(40-28-32-46(33-29-40)68-56-26-13-11-24-49(56)50-25-12-14-27-57(50)68)31-35-58(53)69(59)47-22-15-21-45(37-47)66-67-62(43-19-7-4-8-20-43)65-61(64)42-17-5-3-6-18-42/h3-39,66H,1-2H3,(H2,64,65,67). The fourth-order valence-corrected chi connectivity index (χ4v) is 10.9. The highest BCUT2D eigenvalue weighted by Crippen LogP contribution is 2.53. The van der Waals surface area contributed by atoms with Crippen LogP contribution in [0.2, 0.25) is 0 Å². The second kappa shape index (κ2) is 15.8. The van der Waals surface area contributed by atoms with Gasteiger partial charge in [0.1, 0.15) is 5.84 Å². The molecule has 0 atom stereocenters. The molecule has 2 heterocycles. The van der Waals surface area contributed by atoms with E-state index in [0.29, 0.717) is 11.7 Å². The fourth-order valence-electron chi connectivity index (χ4n) is 10.9. The number of benzene rings is 10. The largest absolute Gasteiger partial charge is 0.383 e. The first-order chi connectivity index (χ1) is 33.9.